The lowest BCUT2D eigenvalue weighted by atomic mass is 10.1. The van der Waals surface area contributed by atoms with E-state index in [9.17, 15) is 4.79 Å². The van der Waals surface area contributed by atoms with Crippen molar-refractivity contribution in [3.05, 3.63) is 0 Å². The van der Waals surface area contributed by atoms with E-state index in [0.29, 0.717) is 0 Å². The third-order valence-corrected chi connectivity index (χ3v) is 3.19. The molecule has 1 aliphatic rings. The van der Waals surface area contributed by atoms with E-state index in [2.05, 4.69) is 4.90 Å². The first kappa shape index (κ1) is 14.5. The molecular weight excluding hydrogens is 214 g/mol. The monoisotopic (exact) mass is 241 g/mol. The van der Waals surface area contributed by atoms with E-state index in [-0.39, 0.29) is 17.6 Å². The van der Waals surface area contributed by atoms with Gasteiger partial charge in [-0.15, -0.1) is 0 Å². The molecule has 0 spiro atoms. The molecule has 0 aromatic carbocycles. The van der Waals surface area contributed by atoms with Crippen LogP contribution in [0.2, 0.25) is 0 Å². The molecule has 0 aromatic heterocycles. The van der Waals surface area contributed by atoms with E-state index in [0.717, 1.165) is 13.1 Å². The van der Waals surface area contributed by atoms with Crippen molar-refractivity contribution < 1.29 is 9.53 Å². The molecule has 3 nitrogen and oxygen atoms in total. The zero-order chi connectivity index (χ0) is 12.9. The van der Waals surface area contributed by atoms with Crippen molar-refractivity contribution in [3.63, 3.8) is 0 Å². The van der Waals surface area contributed by atoms with E-state index in [4.69, 9.17) is 4.74 Å². The van der Waals surface area contributed by atoms with Crippen molar-refractivity contribution in [1.29, 1.82) is 0 Å². The largest absolute Gasteiger partial charge is 0.459 e. The Morgan fingerprint density at radius 2 is 1.53 bits per heavy atom. The first-order valence-corrected chi connectivity index (χ1v) is 6.87. The fraction of sp³-hybridized carbons (Fsp3) is 0.929. The topological polar surface area (TPSA) is 29.5 Å². The van der Waals surface area contributed by atoms with E-state index in [1.54, 1.807) is 0 Å². The minimum absolute atomic E-state index is 0.0851. The van der Waals surface area contributed by atoms with Crippen molar-refractivity contribution in [2.45, 2.75) is 71.4 Å². The standard InChI is InChI=1S/C14H27NO2/c1-12(13(16)17-14(2,3)4)15-10-8-6-5-7-9-11-15/h12H,5-11H2,1-4H3. The van der Waals surface area contributed by atoms with Gasteiger partial charge in [-0.1, -0.05) is 19.3 Å². The average Bonchev–Trinajstić information content (AvgIpc) is 2.13. The molecule has 3 heteroatoms. The van der Waals surface area contributed by atoms with Crippen molar-refractivity contribution in [1.82, 2.24) is 4.90 Å². The van der Waals surface area contributed by atoms with E-state index >= 15 is 0 Å². The van der Waals surface area contributed by atoms with Crippen LogP contribution in [0.5, 0.6) is 0 Å². The van der Waals surface area contributed by atoms with Crippen LogP contribution in [0.25, 0.3) is 0 Å². The number of rotatable bonds is 2. The van der Waals surface area contributed by atoms with Gasteiger partial charge < -0.3 is 4.74 Å². The number of hydrogen-bond acceptors (Lipinski definition) is 3. The molecule has 17 heavy (non-hydrogen) atoms. The number of hydrogen-bond donors (Lipinski definition) is 0. The van der Waals surface area contributed by atoms with E-state index in [1.807, 2.05) is 27.7 Å². The third kappa shape index (κ3) is 5.53. The number of carbonyl (C=O) groups excluding carboxylic acids is 1. The van der Waals surface area contributed by atoms with Crippen LogP contribution in [-0.2, 0) is 9.53 Å². The highest BCUT2D eigenvalue weighted by Gasteiger charge is 2.26. The molecule has 0 bridgehead atoms. The summed E-state index contributed by atoms with van der Waals surface area (Å²) in [6.07, 6.45) is 6.32. The quantitative estimate of drug-likeness (QED) is 0.696. The SMILES string of the molecule is CC(C(=O)OC(C)(C)C)N1CCCCCCC1. The zero-order valence-electron chi connectivity index (χ0n) is 11.8. The lowest BCUT2D eigenvalue weighted by Crippen LogP contribution is -2.43. The summed E-state index contributed by atoms with van der Waals surface area (Å²) in [7, 11) is 0. The Labute approximate surface area is 106 Å². The maximum absolute atomic E-state index is 12.0. The van der Waals surface area contributed by atoms with Gasteiger partial charge in [0.05, 0.1) is 0 Å². The third-order valence-electron chi connectivity index (χ3n) is 3.19. The Bertz CT molecular complexity index is 237. The van der Waals surface area contributed by atoms with Gasteiger partial charge >= 0.3 is 5.97 Å². The molecule has 1 aliphatic heterocycles. The minimum atomic E-state index is -0.381. The normalized spacial score (nSPS) is 21.4. The van der Waals surface area contributed by atoms with Gasteiger partial charge in [0.2, 0.25) is 0 Å². The van der Waals surface area contributed by atoms with Crippen LogP contribution in [0, 0.1) is 0 Å². The molecule has 1 unspecified atom stereocenters. The summed E-state index contributed by atoms with van der Waals surface area (Å²) in [5.41, 5.74) is -0.381. The van der Waals surface area contributed by atoms with Gasteiger partial charge in [-0.05, 0) is 53.6 Å². The highest BCUT2D eigenvalue weighted by Crippen LogP contribution is 2.15. The molecule has 1 rings (SSSR count). The Hall–Kier alpha value is -0.570. The van der Waals surface area contributed by atoms with Gasteiger partial charge in [0.15, 0.2) is 0 Å². The van der Waals surface area contributed by atoms with Gasteiger partial charge in [-0.25, -0.2) is 0 Å². The summed E-state index contributed by atoms with van der Waals surface area (Å²) in [4.78, 5) is 14.3. The van der Waals surface area contributed by atoms with Crippen molar-refractivity contribution >= 4 is 5.97 Å². The summed E-state index contributed by atoms with van der Waals surface area (Å²) in [6, 6.07) is -0.104. The van der Waals surface area contributed by atoms with Crippen molar-refractivity contribution in [2.75, 3.05) is 13.1 Å². The minimum Gasteiger partial charge on any atom is -0.459 e. The molecular formula is C14H27NO2. The lowest BCUT2D eigenvalue weighted by molar-refractivity contribution is -0.160. The molecule has 0 saturated carbocycles. The van der Waals surface area contributed by atoms with E-state index in [1.165, 1.54) is 32.1 Å². The first-order chi connectivity index (χ1) is 7.90. The van der Waals surface area contributed by atoms with Gasteiger partial charge in [0.1, 0.15) is 11.6 Å². The molecule has 100 valence electrons. The number of carbonyl (C=O) groups is 1. The zero-order valence-corrected chi connectivity index (χ0v) is 11.8. The Morgan fingerprint density at radius 3 is 2.00 bits per heavy atom. The van der Waals surface area contributed by atoms with Gasteiger partial charge in [0, 0.05) is 0 Å². The molecule has 1 heterocycles. The van der Waals surface area contributed by atoms with Crippen LogP contribution in [0.15, 0.2) is 0 Å². The van der Waals surface area contributed by atoms with Crippen molar-refractivity contribution in [2.24, 2.45) is 0 Å². The van der Waals surface area contributed by atoms with Gasteiger partial charge in [-0.2, -0.15) is 0 Å². The van der Waals surface area contributed by atoms with Crippen LogP contribution in [0.1, 0.15) is 59.8 Å². The van der Waals surface area contributed by atoms with Crippen molar-refractivity contribution in [3.8, 4) is 0 Å². The fourth-order valence-electron chi connectivity index (χ4n) is 2.20. The molecule has 0 N–H and O–H groups in total. The Morgan fingerprint density at radius 1 is 1.06 bits per heavy atom. The molecule has 1 saturated heterocycles. The maximum Gasteiger partial charge on any atom is 0.323 e. The smallest absolute Gasteiger partial charge is 0.323 e. The van der Waals surface area contributed by atoms with Crippen LogP contribution in [-0.4, -0.2) is 35.6 Å². The molecule has 1 atom stereocenters. The number of ether oxygens (including phenoxy) is 1. The molecule has 0 radical (unpaired) electrons. The predicted molar refractivity (Wildman–Crippen MR) is 70.0 cm³/mol. The average molecular weight is 241 g/mol. The molecule has 0 aliphatic carbocycles. The highest BCUT2D eigenvalue weighted by molar-refractivity contribution is 5.75. The molecule has 0 aromatic rings. The van der Waals surface area contributed by atoms with E-state index < -0.39 is 0 Å². The van der Waals surface area contributed by atoms with Crippen LogP contribution >= 0.6 is 0 Å². The second-order valence-electron chi connectivity index (χ2n) is 6.01. The Balaban J connectivity index is 2.48. The molecule has 0 amide bonds. The van der Waals surface area contributed by atoms with Crippen LogP contribution in [0.4, 0.5) is 0 Å². The van der Waals surface area contributed by atoms with Gasteiger partial charge in [-0.3, -0.25) is 9.69 Å². The summed E-state index contributed by atoms with van der Waals surface area (Å²) in [5, 5.41) is 0. The fourth-order valence-corrected chi connectivity index (χ4v) is 2.20. The van der Waals surface area contributed by atoms with Crippen LogP contribution in [0.3, 0.4) is 0 Å². The second kappa shape index (κ2) is 6.39. The second-order valence-corrected chi connectivity index (χ2v) is 6.01. The summed E-state index contributed by atoms with van der Waals surface area (Å²) >= 11 is 0. The molecule has 1 fully saturated rings. The summed E-state index contributed by atoms with van der Waals surface area (Å²) in [6.45, 7) is 9.79. The maximum atomic E-state index is 12.0. The highest BCUT2D eigenvalue weighted by atomic mass is 16.6. The lowest BCUT2D eigenvalue weighted by Gasteiger charge is -2.31. The Kier molecular flexibility index (Phi) is 5.44. The summed E-state index contributed by atoms with van der Waals surface area (Å²) in [5.74, 6) is -0.0851. The summed E-state index contributed by atoms with van der Waals surface area (Å²) < 4.78 is 5.44. The number of likely N-dealkylation sites (tertiary alicyclic amines) is 1. The number of nitrogens with zero attached hydrogens (tertiary/aromatic N) is 1. The predicted octanol–water partition coefficient (Wildman–Crippen LogP) is 2.98. The van der Waals surface area contributed by atoms with Crippen LogP contribution < -0.4 is 0 Å². The van der Waals surface area contributed by atoms with Gasteiger partial charge in [0.25, 0.3) is 0 Å². The first-order valence-electron chi connectivity index (χ1n) is 6.87. The number of esters is 1.